The van der Waals surface area contributed by atoms with E-state index in [-0.39, 0.29) is 12.2 Å². The first-order valence-corrected chi connectivity index (χ1v) is 7.46. The summed E-state index contributed by atoms with van der Waals surface area (Å²) in [5, 5.41) is 9.95. The van der Waals surface area contributed by atoms with Gasteiger partial charge in [0.1, 0.15) is 18.5 Å². The van der Waals surface area contributed by atoms with Crippen molar-refractivity contribution < 1.29 is 14.6 Å². The molecule has 1 aliphatic carbocycles. The van der Waals surface area contributed by atoms with Crippen LogP contribution in [-0.2, 0) is 11.2 Å². The summed E-state index contributed by atoms with van der Waals surface area (Å²) in [5.41, 5.74) is 2.29. The smallest absolute Gasteiger partial charge is 0.119 e. The van der Waals surface area contributed by atoms with Crippen LogP contribution in [0.1, 0.15) is 30.1 Å². The van der Waals surface area contributed by atoms with Gasteiger partial charge >= 0.3 is 0 Å². The van der Waals surface area contributed by atoms with Gasteiger partial charge in [-0.25, -0.2) is 0 Å². The summed E-state index contributed by atoms with van der Waals surface area (Å²) in [6.07, 6.45) is 2.80. The molecule has 0 bridgehead atoms. The zero-order valence-corrected chi connectivity index (χ0v) is 12.0. The van der Waals surface area contributed by atoms with Gasteiger partial charge in [0, 0.05) is 13.1 Å². The van der Waals surface area contributed by atoms with E-state index in [9.17, 15) is 5.11 Å². The first-order chi connectivity index (χ1) is 9.72. The fourth-order valence-electron chi connectivity index (χ4n) is 3.01. The van der Waals surface area contributed by atoms with Gasteiger partial charge < -0.3 is 19.5 Å². The Bertz CT molecular complexity index is 463. The van der Waals surface area contributed by atoms with Crippen LogP contribution in [-0.4, -0.2) is 49.5 Å². The van der Waals surface area contributed by atoms with Crippen LogP contribution < -0.4 is 4.74 Å². The normalized spacial score (nSPS) is 27.1. The molecule has 0 saturated carbocycles. The number of rotatable bonds is 3. The maximum atomic E-state index is 9.95. The van der Waals surface area contributed by atoms with Crippen LogP contribution in [0.3, 0.4) is 0 Å². The van der Waals surface area contributed by atoms with E-state index in [4.69, 9.17) is 9.47 Å². The Morgan fingerprint density at radius 2 is 2.35 bits per heavy atom. The Labute approximate surface area is 120 Å². The maximum absolute atomic E-state index is 9.95. The maximum Gasteiger partial charge on any atom is 0.119 e. The Kier molecular flexibility index (Phi) is 4.24. The predicted octanol–water partition coefficient (Wildman–Crippen LogP) is 1.77. The van der Waals surface area contributed by atoms with Crippen molar-refractivity contribution in [1.82, 2.24) is 4.90 Å². The van der Waals surface area contributed by atoms with Crippen molar-refractivity contribution in [2.75, 3.05) is 33.4 Å². The van der Waals surface area contributed by atoms with E-state index < -0.39 is 0 Å². The molecular weight excluding hydrogens is 254 g/mol. The Balaban J connectivity index is 1.60. The minimum atomic E-state index is -0.303. The number of aliphatic hydroxyl groups excluding tert-OH is 1. The monoisotopic (exact) mass is 277 g/mol. The number of morpholine rings is 1. The first-order valence-electron chi connectivity index (χ1n) is 7.46. The summed E-state index contributed by atoms with van der Waals surface area (Å²) >= 11 is 0. The SMILES string of the molecule is CN1CCOC(COc2ccc3c(c2)CCCC3O)C1. The molecule has 1 aromatic carbocycles. The number of hydrogen-bond donors (Lipinski definition) is 1. The molecule has 1 saturated heterocycles. The van der Waals surface area contributed by atoms with E-state index in [0.29, 0.717) is 6.61 Å². The van der Waals surface area contributed by atoms with Crippen LogP contribution in [0.4, 0.5) is 0 Å². The van der Waals surface area contributed by atoms with Gasteiger partial charge in [-0.3, -0.25) is 0 Å². The highest BCUT2D eigenvalue weighted by Crippen LogP contribution is 2.31. The topological polar surface area (TPSA) is 41.9 Å². The molecule has 4 nitrogen and oxygen atoms in total. The van der Waals surface area contributed by atoms with Gasteiger partial charge in [-0.15, -0.1) is 0 Å². The lowest BCUT2D eigenvalue weighted by atomic mass is 9.89. The van der Waals surface area contributed by atoms with Crippen molar-refractivity contribution in [2.45, 2.75) is 31.5 Å². The van der Waals surface area contributed by atoms with E-state index in [1.165, 1.54) is 5.56 Å². The molecule has 0 radical (unpaired) electrons. The van der Waals surface area contributed by atoms with Crippen molar-refractivity contribution >= 4 is 0 Å². The summed E-state index contributed by atoms with van der Waals surface area (Å²) in [5.74, 6) is 0.884. The number of aryl methyl sites for hydroxylation is 1. The highest BCUT2D eigenvalue weighted by Gasteiger charge is 2.20. The lowest BCUT2D eigenvalue weighted by Gasteiger charge is -2.30. The van der Waals surface area contributed by atoms with E-state index in [1.54, 1.807) is 0 Å². The Morgan fingerprint density at radius 1 is 1.45 bits per heavy atom. The highest BCUT2D eigenvalue weighted by molar-refractivity contribution is 5.38. The Morgan fingerprint density at radius 3 is 3.20 bits per heavy atom. The fourth-order valence-corrected chi connectivity index (χ4v) is 3.01. The van der Waals surface area contributed by atoms with Crippen molar-refractivity contribution in [3.63, 3.8) is 0 Å². The molecule has 1 aromatic rings. The molecule has 2 aliphatic rings. The van der Waals surface area contributed by atoms with Gasteiger partial charge in [-0.05, 0) is 49.6 Å². The van der Waals surface area contributed by atoms with Crippen LogP contribution in [0.15, 0.2) is 18.2 Å². The zero-order chi connectivity index (χ0) is 13.9. The molecule has 1 aliphatic heterocycles. The average Bonchev–Trinajstić information content (AvgIpc) is 2.45. The third-order valence-electron chi connectivity index (χ3n) is 4.17. The summed E-state index contributed by atoms with van der Waals surface area (Å²) < 4.78 is 11.6. The quantitative estimate of drug-likeness (QED) is 0.914. The number of likely N-dealkylation sites (N-methyl/N-ethyl adjacent to an activating group) is 1. The van der Waals surface area contributed by atoms with Crippen molar-refractivity contribution in [1.29, 1.82) is 0 Å². The molecule has 110 valence electrons. The molecule has 0 aromatic heterocycles. The fraction of sp³-hybridized carbons (Fsp3) is 0.625. The molecule has 2 unspecified atom stereocenters. The molecule has 0 amide bonds. The van der Waals surface area contributed by atoms with E-state index in [2.05, 4.69) is 18.0 Å². The molecule has 1 N–H and O–H groups in total. The number of hydrogen-bond acceptors (Lipinski definition) is 4. The van der Waals surface area contributed by atoms with E-state index >= 15 is 0 Å². The predicted molar refractivity (Wildman–Crippen MR) is 77.1 cm³/mol. The van der Waals surface area contributed by atoms with Crippen LogP contribution in [0, 0.1) is 0 Å². The van der Waals surface area contributed by atoms with Crippen molar-refractivity contribution in [3.8, 4) is 5.75 Å². The van der Waals surface area contributed by atoms with Gasteiger partial charge in [0.2, 0.25) is 0 Å². The second-order valence-corrected chi connectivity index (χ2v) is 5.83. The van der Waals surface area contributed by atoms with Crippen LogP contribution in [0.2, 0.25) is 0 Å². The van der Waals surface area contributed by atoms with Gasteiger partial charge in [0.15, 0.2) is 0 Å². The Hall–Kier alpha value is -1.10. The van der Waals surface area contributed by atoms with Crippen LogP contribution in [0.5, 0.6) is 5.75 Å². The summed E-state index contributed by atoms with van der Waals surface area (Å²) in [6, 6.07) is 6.03. The minimum Gasteiger partial charge on any atom is -0.491 e. The van der Waals surface area contributed by atoms with Gasteiger partial charge in [0.25, 0.3) is 0 Å². The van der Waals surface area contributed by atoms with Crippen LogP contribution >= 0.6 is 0 Å². The number of aliphatic hydroxyl groups is 1. The molecular formula is C16H23NO3. The number of fused-ring (bicyclic) bond motifs is 1. The molecule has 1 heterocycles. The van der Waals surface area contributed by atoms with Crippen molar-refractivity contribution in [3.05, 3.63) is 29.3 Å². The molecule has 2 atom stereocenters. The molecule has 0 spiro atoms. The second kappa shape index (κ2) is 6.12. The van der Waals surface area contributed by atoms with Gasteiger partial charge in [-0.2, -0.15) is 0 Å². The minimum absolute atomic E-state index is 0.148. The van der Waals surface area contributed by atoms with Crippen molar-refractivity contribution in [2.24, 2.45) is 0 Å². The largest absolute Gasteiger partial charge is 0.491 e. The standard InChI is InChI=1S/C16H23NO3/c1-17-7-8-19-14(10-17)11-20-13-5-6-15-12(9-13)3-2-4-16(15)18/h5-6,9,14,16,18H,2-4,7-8,10-11H2,1H3. The number of nitrogens with zero attached hydrogens (tertiary/aromatic N) is 1. The van der Waals surface area contributed by atoms with E-state index in [1.807, 2.05) is 12.1 Å². The molecule has 3 rings (SSSR count). The second-order valence-electron chi connectivity index (χ2n) is 5.83. The van der Waals surface area contributed by atoms with Gasteiger partial charge in [-0.1, -0.05) is 6.07 Å². The zero-order valence-electron chi connectivity index (χ0n) is 12.0. The number of benzene rings is 1. The highest BCUT2D eigenvalue weighted by atomic mass is 16.5. The summed E-state index contributed by atoms with van der Waals surface area (Å²) in [7, 11) is 2.11. The third-order valence-corrected chi connectivity index (χ3v) is 4.17. The first kappa shape index (κ1) is 13.9. The number of ether oxygens (including phenoxy) is 2. The lowest BCUT2D eigenvalue weighted by Crippen LogP contribution is -2.42. The molecule has 4 heteroatoms. The third kappa shape index (κ3) is 3.14. The van der Waals surface area contributed by atoms with Gasteiger partial charge in [0.05, 0.1) is 12.7 Å². The average molecular weight is 277 g/mol. The summed E-state index contributed by atoms with van der Waals surface area (Å²) in [6.45, 7) is 3.28. The molecule has 20 heavy (non-hydrogen) atoms. The van der Waals surface area contributed by atoms with Crippen LogP contribution in [0.25, 0.3) is 0 Å². The summed E-state index contributed by atoms with van der Waals surface area (Å²) in [4.78, 5) is 2.26. The molecule has 1 fully saturated rings. The lowest BCUT2D eigenvalue weighted by molar-refractivity contribution is -0.0403. The van der Waals surface area contributed by atoms with E-state index in [0.717, 1.165) is 50.3 Å².